The summed E-state index contributed by atoms with van der Waals surface area (Å²) >= 11 is 0. The highest BCUT2D eigenvalue weighted by molar-refractivity contribution is 5.79. The second kappa shape index (κ2) is 8.62. The number of carbonyl (C=O) groups excluding carboxylic acids is 1. The van der Waals surface area contributed by atoms with Crippen LogP contribution in [0.3, 0.4) is 0 Å². The number of amides is 1. The summed E-state index contributed by atoms with van der Waals surface area (Å²) < 4.78 is 1.78. The monoisotopic (exact) mass is 434 g/mol. The summed E-state index contributed by atoms with van der Waals surface area (Å²) in [5, 5.41) is 4.73. The van der Waals surface area contributed by atoms with Crippen LogP contribution in [0.1, 0.15) is 50.2 Å². The van der Waals surface area contributed by atoms with Crippen molar-refractivity contribution in [3.63, 3.8) is 0 Å². The Morgan fingerprint density at radius 2 is 1.66 bits per heavy atom. The van der Waals surface area contributed by atoms with Gasteiger partial charge in [0.2, 0.25) is 5.91 Å². The van der Waals surface area contributed by atoms with Crippen molar-refractivity contribution in [2.24, 2.45) is 0 Å². The lowest BCUT2D eigenvalue weighted by Gasteiger charge is -2.34. The first-order valence-electron chi connectivity index (χ1n) is 11.5. The Hall–Kier alpha value is -2.80. The molecule has 7 nitrogen and oxygen atoms in total. The summed E-state index contributed by atoms with van der Waals surface area (Å²) in [6.07, 6.45) is 0.349. The molecule has 1 aliphatic heterocycles. The van der Waals surface area contributed by atoms with Gasteiger partial charge in [-0.1, -0.05) is 52.0 Å². The van der Waals surface area contributed by atoms with Crippen molar-refractivity contribution in [2.75, 3.05) is 32.7 Å². The van der Waals surface area contributed by atoms with Crippen LogP contribution in [0.25, 0.3) is 17.2 Å². The SMILES string of the molecule is CCN1CCN(C(=O)Cc2c(C)nc3nc(-c4ccc(C(C)(C)C)cc4)nn3c2C)CC1. The van der Waals surface area contributed by atoms with E-state index in [4.69, 9.17) is 5.10 Å². The first-order chi connectivity index (χ1) is 15.2. The normalized spacial score (nSPS) is 15.5. The topological polar surface area (TPSA) is 66.6 Å². The van der Waals surface area contributed by atoms with E-state index in [2.05, 4.69) is 66.8 Å². The van der Waals surface area contributed by atoms with Gasteiger partial charge in [0.05, 0.1) is 6.42 Å². The van der Waals surface area contributed by atoms with Gasteiger partial charge in [-0.2, -0.15) is 4.98 Å². The van der Waals surface area contributed by atoms with Crippen LogP contribution in [-0.4, -0.2) is 68.0 Å². The molecule has 1 aromatic carbocycles. The predicted octanol–water partition coefficient (Wildman–Crippen LogP) is 3.41. The van der Waals surface area contributed by atoms with Gasteiger partial charge < -0.3 is 9.80 Å². The number of fused-ring (bicyclic) bond motifs is 1. The molecule has 0 N–H and O–H groups in total. The smallest absolute Gasteiger partial charge is 0.253 e. The summed E-state index contributed by atoms with van der Waals surface area (Å²) in [5.74, 6) is 1.38. The fourth-order valence-corrected chi connectivity index (χ4v) is 4.28. The third kappa shape index (κ3) is 4.39. The fourth-order valence-electron chi connectivity index (χ4n) is 4.28. The standard InChI is InChI=1S/C25H34N6O/c1-7-29-12-14-30(15-13-29)22(32)16-21-17(2)26-24-27-23(28-31(24)18(21)3)19-8-10-20(11-9-19)25(4,5)6/h8-11H,7,12-16H2,1-6H3. The molecule has 3 heterocycles. The molecule has 0 atom stereocenters. The highest BCUT2D eigenvalue weighted by Crippen LogP contribution is 2.25. The van der Waals surface area contributed by atoms with Gasteiger partial charge in [0.1, 0.15) is 0 Å². The number of benzene rings is 1. The number of carbonyl (C=O) groups is 1. The maximum absolute atomic E-state index is 13.0. The summed E-state index contributed by atoms with van der Waals surface area (Å²) in [6, 6.07) is 8.40. The van der Waals surface area contributed by atoms with Crippen LogP contribution < -0.4 is 0 Å². The van der Waals surface area contributed by atoms with E-state index in [0.717, 1.165) is 55.2 Å². The van der Waals surface area contributed by atoms with E-state index >= 15 is 0 Å². The van der Waals surface area contributed by atoms with Crippen molar-refractivity contribution in [3.05, 3.63) is 46.8 Å². The van der Waals surface area contributed by atoms with E-state index in [-0.39, 0.29) is 11.3 Å². The molecule has 2 aromatic heterocycles. The summed E-state index contributed by atoms with van der Waals surface area (Å²) in [4.78, 5) is 26.7. The first kappa shape index (κ1) is 22.4. The summed E-state index contributed by atoms with van der Waals surface area (Å²) in [6.45, 7) is 17.2. The Morgan fingerprint density at radius 3 is 2.25 bits per heavy atom. The van der Waals surface area contributed by atoms with E-state index in [1.165, 1.54) is 5.56 Å². The molecule has 0 aliphatic carbocycles. The van der Waals surface area contributed by atoms with E-state index in [9.17, 15) is 4.79 Å². The number of piperazine rings is 1. The fraction of sp³-hybridized carbons (Fsp3) is 0.520. The van der Waals surface area contributed by atoms with Gasteiger partial charge in [-0.15, -0.1) is 5.10 Å². The average molecular weight is 435 g/mol. The maximum atomic E-state index is 13.0. The van der Waals surface area contributed by atoms with E-state index < -0.39 is 0 Å². The minimum Gasteiger partial charge on any atom is -0.340 e. The Labute approximate surface area is 190 Å². The molecule has 7 heteroatoms. The molecule has 4 rings (SSSR count). The number of nitrogens with zero attached hydrogens (tertiary/aromatic N) is 6. The van der Waals surface area contributed by atoms with E-state index in [1.807, 2.05) is 18.7 Å². The number of hydrogen-bond donors (Lipinski definition) is 0. The average Bonchev–Trinajstić information content (AvgIpc) is 3.20. The second-order valence-electron chi connectivity index (χ2n) is 9.73. The van der Waals surface area contributed by atoms with Crippen LogP contribution in [0, 0.1) is 13.8 Å². The first-order valence-corrected chi connectivity index (χ1v) is 11.5. The summed E-state index contributed by atoms with van der Waals surface area (Å²) in [7, 11) is 0. The van der Waals surface area contributed by atoms with Crippen molar-refractivity contribution < 1.29 is 4.79 Å². The van der Waals surface area contributed by atoms with Gasteiger partial charge in [0.15, 0.2) is 5.82 Å². The minimum absolute atomic E-state index is 0.102. The van der Waals surface area contributed by atoms with Crippen LogP contribution in [0.5, 0.6) is 0 Å². The molecule has 32 heavy (non-hydrogen) atoms. The van der Waals surface area contributed by atoms with Gasteiger partial charge in [-0.3, -0.25) is 4.79 Å². The lowest BCUT2D eigenvalue weighted by Crippen LogP contribution is -2.49. The van der Waals surface area contributed by atoms with Crippen molar-refractivity contribution in [2.45, 2.75) is 53.4 Å². The molecule has 1 fully saturated rings. The Kier molecular flexibility index (Phi) is 6.03. The largest absolute Gasteiger partial charge is 0.340 e. The van der Waals surface area contributed by atoms with Crippen LogP contribution in [0.4, 0.5) is 0 Å². The molecule has 170 valence electrons. The highest BCUT2D eigenvalue weighted by Gasteiger charge is 2.23. The van der Waals surface area contributed by atoms with Crippen molar-refractivity contribution in [3.8, 4) is 11.4 Å². The van der Waals surface area contributed by atoms with Gasteiger partial charge in [0.25, 0.3) is 5.78 Å². The number of rotatable bonds is 4. The quantitative estimate of drug-likeness (QED) is 0.630. The number of hydrogen-bond acceptors (Lipinski definition) is 5. The minimum atomic E-state index is 0.102. The zero-order valence-electron chi connectivity index (χ0n) is 20.1. The second-order valence-corrected chi connectivity index (χ2v) is 9.73. The molecule has 0 saturated carbocycles. The highest BCUT2D eigenvalue weighted by atomic mass is 16.2. The zero-order valence-corrected chi connectivity index (χ0v) is 20.1. The molecule has 1 amide bonds. The lowest BCUT2D eigenvalue weighted by molar-refractivity contribution is -0.132. The molecule has 1 saturated heterocycles. The predicted molar refractivity (Wildman–Crippen MR) is 127 cm³/mol. The third-order valence-corrected chi connectivity index (χ3v) is 6.56. The van der Waals surface area contributed by atoms with Crippen molar-refractivity contribution in [1.82, 2.24) is 29.4 Å². The van der Waals surface area contributed by atoms with Gasteiger partial charge >= 0.3 is 0 Å². The molecule has 0 unspecified atom stereocenters. The van der Waals surface area contributed by atoms with Gasteiger partial charge in [-0.25, -0.2) is 9.50 Å². The molecule has 1 aliphatic rings. The molecule has 0 spiro atoms. The maximum Gasteiger partial charge on any atom is 0.253 e. The van der Waals surface area contributed by atoms with Crippen LogP contribution in [0.15, 0.2) is 24.3 Å². The molecule has 0 radical (unpaired) electrons. The zero-order chi connectivity index (χ0) is 23.0. The number of aromatic nitrogens is 4. The molecular formula is C25H34N6O. The Bertz CT molecular complexity index is 1120. The molecular weight excluding hydrogens is 400 g/mol. The van der Waals surface area contributed by atoms with Crippen LogP contribution >= 0.6 is 0 Å². The van der Waals surface area contributed by atoms with Crippen molar-refractivity contribution >= 4 is 11.7 Å². The van der Waals surface area contributed by atoms with Crippen molar-refractivity contribution in [1.29, 1.82) is 0 Å². The van der Waals surface area contributed by atoms with Crippen LogP contribution in [-0.2, 0) is 16.6 Å². The summed E-state index contributed by atoms with van der Waals surface area (Å²) in [5.41, 5.74) is 5.06. The molecule has 3 aromatic rings. The van der Waals surface area contributed by atoms with E-state index in [0.29, 0.717) is 18.0 Å². The lowest BCUT2D eigenvalue weighted by atomic mass is 9.87. The third-order valence-electron chi connectivity index (χ3n) is 6.56. The van der Waals surface area contributed by atoms with Crippen LogP contribution in [0.2, 0.25) is 0 Å². The van der Waals surface area contributed by atoms with E-state index in [1.54, 1.807) is 4.52 Å². The Morgan fingerprint density at radius 1 is 1.00 bits per heavy atom. The van der Waals surface area contributed by atoms with Gasteiger partial charge in [0, 0.05) is 48.7 Å². The number of likely N-dealkylation sites (N-methyl/N-ethyl adjacent to an activating group) is 1. The Balaban J connectivity index is 1.59. The number of aryl methyl sites for hydroxylation is 2. The van der Waals surface area contributed by atoms with Gasteiger partial charge in [-0.05, 0) is 31.4 Å². The molecule has 0 bridgehead atoms.